The summed E-state index contributed by atoms with van der Waals surface area (Å²) in [7, 11) is 0. The summed E-state index contributed by atoms with van der Waals surface area (Å²) in [6.45, 7) is 2.43. The maximum atomic E-state index is 11.9. The number of carbonyl (C=O) groups is 2. The fourth-order valence-electron chi connectivity index (χ4n) is 2.46. The predicted octanol–water partition coefficient (Wildman–Crippen LogP) is 4.00. The van der Waals surface area contributed by atoms with E-state index in [-0.39, 0.29) is 12.4 Å². The molecule has 0 saturated heterocycles. The third-order valence-electron chi connectivity index (χ3n) is 3.71. The lowest BCUT2D eigenvalue weighted by molar-refractivity contribution is -0.117. The van der Waals surface area contributed by atoms with Crippen LogP contribution in [0.3, 0.4) is 0 Å². The third-order valence-corrected chi connectivity index (χ3v) is 4.72. The van der Waals surface area contributed by atoms with Gasteiger partial charge in [-0.05, 0) is 31.9 Å². The largest absolute Gasteiger partial charge is 0.442 e. The quantitative estimate of drug-likeness (QED) is 0.604. The fraction of sp³-hybridized carbons (Fsp3) is 0.333. The summed E-state index contributed by atoms with van der Waals surface area (Å²) in [4.78, 5) is 27.2. The van der Waals surface area contributed by atoms with Gasteiger partial charge in [-0.2, -0.15) is 5.10 Å². The second kappa shape index (κ2) is 8.57. The van der Waals surface area contributed by atoms with Crippen molar-refractivity contribution in [2.75, 3.05) is 5.32 Å². The lowest BCUT2D eigenvalue weighted by Crippen LogP contribution is -2.13. The Kier molecular flexibility index (Phi) is 5.96. The summed E-state index contributed by atoms with van der Waals surface area (Å²) >= 11 is 1.51. The molecule has 0 aliphatic rings. The Hall–Kier alpha value is -2.74. The highest BCUT2D eigenvalue weighted by molar-refractivity contribution is 7.18. The van der Waals surface area contributed by atoms with E-state index in [0.717, 1.165) is 28.1 Å². The van der Waals surface area contributed by atoms with Gasteiger partial charge in [0.05, 0.1) is 22.1 Å². The van der Waals surface area contributed by atoms with Crippen LogP contribution in [-0.4, -0.2) is 26.6 Å². The molecule has 0 unspecified atom stereocenters. The van der Waals surface area contributed by atoms with Crippen molar-refractivity contribution in [3.63, 3.8) is 0 Å². The molecule has 3 rings (SSSR count). The molecule has 1 amide bonds. The highest BCUT2D eigenvalue weighted by Gasteiger charge is 2.09. The van der Waals surface area contributed by atoms with Crippen molar-refractivity contribution in [2.45, 2.75) is 39.3 Å². The van der Waals surface area contributed by atoms with E-state index < -0.39 is 6.09 Å². The van der Waals surface area contributed by atoms with Crippen LogP contribution in [-0.2, 0) is 22.7 Å². The number of para-hydroxylation sites is 1. The number of ether oxygens (including phenoxy) is 1. The minimum atomic E-state index is -0.541. The number of benzene rings is 1. The highest BCUT2D eigenvalue weighted by Crippen LogP contribution is 2.22. The summed E-state index contributed by atoms with van der Waals surface area (Å²) in [5.74, 6) is 0.198. The molecule has 0 saturated carbocycles. The molecule has 0 radical (unpaired) electrons. The van der Waals surface area contributed by atoms with Gasteiger partial charge in [-0.3, -0.25) is 10.00 Å². The topological polar surface area (TPSA) is 86.1 Å². The van der Waals surface area contributed by atoms with Gasteiger partial charge in [-0.1, -0.05) is 12.1 Å². The number of hydrogen-bond donors (Lipinski definition) is 1. The van der Waals surface area contributed by atoms with Gasteiger partial charge in [0, 0.05) is 19.2 Å². The number of unbranched alkanes of at least 4 members (excludes halogenated alkanes) is 1. The molecule has 0 atom stereocenters. The second-order valence-corrected chi connectivity index (χ2v) is 7.04. The first-order valence-corrected chi connectivity index (χ1v) is 9.22. The number of anilines is 1. The number of thiazole rings is 1. The Morgan fingerprint density at radius 1 is 1.27 bits per heavy atom. The number of amides is 1. The van der Waals surface area contributed by atoms with E-state index in [4.69, 9.17) is 4.74 Å². The van der Waals surface area contributed by atoms with E-state index in [1.165, 1.54) is 11.3 Å². The Labute approximate surface area is 155 Å². The smallest absolute Gasteiger partial charge is 0.412 e. The molecule has 136 valence electrons. The van der Waals surface area contributed by atoms with Crippen LogP contribution in [0.25, 0.3) is 10.2 Å². The lowest BCUT2D eigenvalue weighted by Gasteiger charge is -2.03. The van der Waals surface area contributed by atoms with E-state index in [1.54, 1.807) is 24.0 Å². The summed E-state index contributed by atoms with van der Waals surface area (Å²) in [6, 6.07) is 7.80. The van der Waals surface area contributed by atoms with Crippen molar-refractivity contribution in [3.8, 4) is 0 Å². The van der Waals surface area contributed by atoms with E-state index in [1.807, 2.05) is 24.3 Å². The van der Waals surface area contributed by atoms with E-state index >= 15 is 0 Å². The molecule has 1 N–H and O–H groups in total. The maximum absolute atomic E-state index is 11.9. The number of fused-ring (bicyclic) bond motifs is 1. The Balaban J connectivity index is 1.44. The molecular weight excluding hydrogens is 352 g/mol. The number of aromatic nitrogens is 3. The monoisotopic (exact) mass is 372 g/mol. The van der Waals surface area contributed by atoms with Crippen LogP contribution in [0.4, 0.5) is 10.5 Å². The second-order valence-electron chi connectivity index (χ2n) is 5.93. The van der Waals surface area contributed by atoms with Crippen LogP contribution in [0.5, 0.6) is 0 Å². The van der Waals surface area contributed by atoms with Gasteiger partial charge in [0.2, 0.25) is 0 Å². The maximum Gasteiger partial charge on any atom is 0.412 e. The Bertz CT molecular complexity index is 870. The molecule has 2 aromatic heterocycles. The van der Waals surface area contributed by atoms with Gasteiger partial charge < -0.3 is 9.53 Å². The van der Waals surface area contributed by atoms with Crippen molar-refractivity contribution in [1.82, 2.24) is 14.8 Å². The zero-order valence-corrected chi connectivity index (χ0v) is 15.3. The molecule has 0 aliphatic carbocycles. The standard InChI is InChI=1S/C18H20N4O3S/c1-13(23)6-4-5-9-22-11-14(10-19-22)20-18(24)25-12-17-21-15-7-2-3-8-16(15)26-17/h2-3,7-8,10-11H,4-6,9,12H2,1H3,(H,20,24). The number of rotatable bonds is 8. The average molecular weight is 372 g/mol. The van der Waals surface area contributed by atoms with E-state index in [0.29, 0.717) is 18.7 Å². The predicted molar refractivity (Wildman–Crippen MR) is 100 cm³/mol. The van der Waals surface area contributed by atoms with Gasteiger partial charge in [0.25, 0.3) is 0 Å². The highest BCUT2D eigenvalue weighted by atomic mass is 32.1. The molecule has 1 aromatic carbocycles. The number of ketones is 1. The molecule has 26 heavy (non-hydrogen) atoms. The van der Waals surface area contributed by atoms with Crippen LogP contribution < -0.4 is 5.32 Å². The van der Waals surface area contributed by atoms with Gasteiger partial charge in [0.15, 0.2) is 0 Å². The zero-order valence-electron chi connectivity index (χ0n) is 14.5. The molecule has 2 heterocycles. The van der Waals surface area contributed by atoms with Crippen LogP contribution >= 0.6 is 11.3 Å². The number of Topliss-reactive ketones (excluding diaryl/α,β-unsaturated/α-hetero) is 1. The van der Waals surface area contributed by atoms with Crippen molar-refractivity contribution in [3.05, 3.63) is 41.7 Å². The number of hydrogen-bond acceptors (Lipinski definition) is 6. The fourth-order valence-corrected chi connectivity index (χ4v) is 3.34. The first kappa shape index (κ1) is 18.1. The van der Waals surface area contributed by atoms with Crippen LogP contribution in [0.15, 0.2) is 36.7 Å². The molecule has 0 bridgehead atoms. The van der Waals surface area contributed by atoms with Gasteiger partial charge in [-0.15, -0.1) is 11.3 Å². The average Bonchev–Trinajstić information content (AvgIpc) is 3.23. The van der Waals surface area contributed by atoms with Crippen LogP contribution in [0.2, 0.25) is 0 Å². The summed E-state index contributed by atoms with van der Waals surface area (Å²) in [6.07, 6.45) is 5.06. The van der Waals surface area contributed by atoms with Gasteiger partial charge in [0.1, 0.15) is 17.4 Å². The van der Waals surface area contributed by atoms with E-state index in [2.05, 4.69) is 15.4 Å². The number of aryl methyl sites for hydroxylation is 1. The summed E-state index contributed by atoms with van der Waals surface area (Å²) in [5, 5.41) is 7.59. The van der Waals surface area contributed by atoms with Gasteiger partial charge in [-0.25, -0.2) is 9.78 Å². The molecule has 8 heteroatoms. The molecular formula is C18H20N4O3S. The number of carbonyl (C=O) groups excluding carboxylic acids is 2. The normalized spacial score (nSPS) is 10.8. The number of nitrogens with zero attached hydrogens (tertiary/aromatic N) is 3. The van der Waals surface area contributed by atoms with Crippen molar-refractivity contribution >= 4 is 39.1 Å². The first-order chi connectivity index (χ1) is 12.6. The lowest BCUT2D eigenvalue weighted by atomic mass is 10.2. The third kappa shape index (κ3) is 5.13. The van der Waals surface area contributed by atoms with Crippen molar-refractivity contribution < 1.29 is 14.3 Å². The summed E-state index contributed by atoms with van der Waals surface area (Å²) in [5.41, 5.74) is 1.48. The minimum Gasteiger partial charge on any atom is -0.442 e. The van der Waals surface area contributed by atoms with Gasteiger partial charge >= 0.3 is 6.09 Å². The first-order valence-electron chi connectivity index (χ1n) is 8.40. The van der Waals surface area contributed by atoms with E-state index in [9.17, 15) is 9.59 Å². The van der Waals surface area contributed by atoms with Crippen LogP contribution in [0, 0.1) is 0 Å². The van der Waals surface area contributed by atoms with Crippen molar-refractivity contribution in [1.29, 1.82) is 0 Å². The molecule has 0 fully saturated rings. The molecule has 0 aliphatic heterocycles. The minimum absolute atomic E-state index is 0.129. The Morgan fingerprint density at radius 3 is 2.92 bits per heavy atom. The van der Waals surface area contributed by atoms with Crippen molar-refractivity contribution in [2.24, 2.45) is 0 Å². The molecule has 7 nitrogen and oxygen atoms in total. The molecule has 0 spiro atoms. The van der Waals surface area contributed by atoms with Crippen LogP contribution in [0.1, 0.15) is 31.2 Å². The SMILES string of the molecule is CC(=O)CCCCn1cc(NC(=O)OCc2nc3ccccc3s2)cn1. The number of nitrogens with one attached hydrogen (secondary N) is 1. The Morgan fingerprint density at radius 2 is 2.12 bits per heavy atom. The summed E-state index contributed by atoms with van der Waals surface area (Å²) < 4.78 is 8.03. The molecule has 3 aromatic rings. The zero-order chi connectivity index (χ0) is 18.4.